The maximum atomic E-state index is 14.0. The third kappa shape index (κ3) is 4.26. The fraction of sp³-hybridized carbons (Fsp3) is 0.286. The molecular weight excluding hydrogens is 277 g/mol. The van der Waals surface area contributed by atoms with Gasteiger partial charge in [-0.1, -0.05) is 23.9 Å². The smallest absolute Gasteiger partial charge is 0.137 e. The van der Waals surface area contributed by atoms with Gasteiger partial charge in [0.1, 0.15) is 17.2 Å². The predicted octanol–water partition coefficient (Wildman–Crippen LogP) is 2.50. The van der Waals surface area contributed by atoms with E-state index in [0.717, 1.165) is 17.1 Å². The highest BCUT2D eigenvalue weighted by molar-refractivity contribution is 7.99. The minimum atomic E-state index is -0.236. The molecule has 0 fully saturated rings. The highest BCUT2D eigenvalue weighted by atomic mass is 32.2. The van der Waals surface area contributed by atoms with Gasteiger partial charge in [-0.15, -0.1) is 0 Å². The minimum absolute atomic E-state index is 0.236. The number of ether oxygens (including phenoxy) is 1. The molecule has 0 amide bonds. The zero-order valence-electron chi connectivity index (χ0n) is 11.2. The number of nitrogens with zero attached hydrogens (tertiary/aromatic N) is 2. The molecule has 6 heteroatoms. The molecule has 0 bridgehead atoms. The van der Waals surface area contributed by atoms with Crippen LogP contribution in [0, 0.1) is 5.82 Å². The lowest BCUT2D eigenvalue weighted by molar-refractivity contribution is 0.199. The third-order valence-electron chi connectivity index (χ3n) is 2.61. The maximum absolute atomic E-state index is 14.0. The molecule has 20 heavy (non-hydrogen) atoms. The number of halogens is 1. The van der Waals surface area contributed by atoms with Crippen LogP contribution in [0.15, 0.2) is 46.7 Å². The molecule has 0 aliphatic heterocycles. The number of nitrogens with one attached hydrogen (secondary N) is 1. The third-order valence-corrected chi connectivity index (χ3v) is 3.72. The van der Waals surface area contributed by atoms with Gasteiger partial charge in [-0.25, -0.2) is 14.4 Å². The molecule has 106 valence electrons. The van der Waals surface area contributed by atoms with Crippen LogP contribution in [0.25, 0.3) is 0 Å². The Bertz CT molecular complexity index is 539. The SMILES string of the molecule is COCCNCc1cccc(F)c1Sc1ccncn1. The van der Waals surface area contributed by atoms with Crippen molar-refractivity contribution in [2.45, 2.75) is 16.5 Å². The number of rotatable bonds is 7. The van der Waals surface area contributed by atoms with E-state index < -0.39 is 0 Å². The van der Waals surface area contributed by atoms with Gasteiger partial charge in [-0.05, 0) is 17.7 Å². The second kappa shape index (κ2) is 7.94. The van der Waals surface area contributed by atoms with Crippen molar-refractivity contribution in [1.82, 2.24) is 15.3 Å². The van der Waals surface area contributed by atoms with Crippen molar-refractivity contribution in [3.05, 3.63) is 48.2 Å². The summed E-state index contributed by atoms with van der Waals surface area (Å²) in [6.45, 7) is 1.95. The van der Waals surface area contributed by atoms with Gasteiger partial charge in [-0.2, -0.15) is 0 Å². The summed E-state index contributed by atoms with van der Waals surface area (Å²) in [5, 5.41) is 3.94. The second-order valence-corrected chi connectivity index (χ2v) is 5.08. The molecule has 1 heterocycles. The number of hydrogen-bond acceptors (Lipinski definition) is 5. The number of benzene rings is 1. The first-order chi connectivity index (χ1) is 9.81. The van der Waals surface area contributed by atoms with Crippen molar-refractivity contribution in [3.63, 3.8) is 0 Å². The van der Waals surface area contributed by atoms with E-state index in [1.54, 1.807) is 25.4 Å². The Morgan fingerprint density at radius 2 is 2.25 bits per heavy atom. The molecule has 0 spiro atoms. The van der Waals surface area contributed by atoms with Crippen molar-refractivity contribution in [1.29, 1.82) is 0 Å². The van der Waals surface area contributed by atoms with Gasteiger partial charge in [0, 0.05) is 26.4 Å². The van der Waals surface area contributed by atoms with Crippen molar-refractivity contribution in [2.75, 3.05) is 20.3 Å². The van der Waals surface area contributed by atoms with E-state index in [2.05, 4.69) is 15.3 Å². The Labute approximate surface area is 121 Å². The molecule has 2 aromatic rings. The van der Waals surface area contributed by atoms with Crippen molar-refractivity contribution >= 4 is 11.8 Å². The van der Waals surface area contributed by atoms with Crippen LogP contribution in [0.2, 0.25) is 0 Å². The molecule has 0 aliphatic carbocycles. The molecule has 4 nitrogen and oxygen atoms in total. The van der Waals surface area contributed by atoms with Gasteiger partial charge < -0.3 is 10.1 Å². The van der Waals surface area contributed by atoms with Crippen molar-refractivity contribution in [3.8, 4) is 0 Å². The van der Waals surface area contributed by atoms with E-state index in [4.69, 9.17) is 4.74 Å². The van der Waals surface area contributed by atoms with Crippen LogP contribution < -0.4 is 5.32 Å². The molecule has 0 radical (unpaired) electrons. The lowest BCUT2D eigenvalue weighted by Crippen LogP contribution is -2.19. The Morgan fingerprint density at radius 1 is 1.35 bits per heavy atom. The molecule has 1 aromatic carbocycles. The van der Waals surface area contributed by atoms with E-state index >= 15 is 0 Å². The van der Waals surface area contributed by atoms with Crippen LogP contribution >= 0.6 is 11.8 Å². The summed E-state index contributed by atoms with van der Waals surface area (Å²) in [6, 6.07) is 6.85. The maximum Gasteiger partial charge on any atom is 0.137 e. The summed E-state index contributed by atoms with van der Waals surface area (Å²) in [7, 11) is 1.65. The zero-order chi connectivity index (χ0) is 14.2. The lowest BCUT2D eigenvalue weighted by Gasteiger charge is -2.10. The highest BCUT2D eigenvalue weighted by Gasteiger charge is 2.10. The molecule has 0 unspecified atom stereocenters. The Balaban J connectivity index is 2.10. The standard InChI is InChI=1S/C14H16FN3OS/c1-19-8-7-16-9-11-3-2-4-12(15)14(11)20-13-5-6-17-10-18-13/h2-6,10,16H,7-9H2,1H3. The summed E-state index contributed by atoms with van der Waals surface area (Å²) in [5.41, 5.74) is 0.907. The lowest BCUT2D eigenvalue weighted by atomic mass is 10.2. The topological polar surface area (TPSA) is 47.0 Å². The van der Waals surface area contributed by atoms with Gasteiger partial charge in [0.15, 0.2) is 0 Å². The summed E-state index contributed by atoms with van der Waals surface area (Å²) < 4.78 is 19.0. The van der Waals surface area contributed by atoms with Gasteiger partial charge >= 0.3 is 0 Å². The second-order valence-electron chi connectivity index (χ2n) is 4.05. The Morgan fingerprint density at radius 3 is 3.00 bits per heavy atom. The summed E-state index contributed by atoms with van der Waals surface area (Å²) >= 11 is 1.31. The fourth-order valence-electron chi connectivity index (χ4n) is 1.65. The van der Waals surface area contributed by atoms with Gasteiger partial charge in [-0.3, -0.25) is 0 Å². The zero-order valence-corrected chi connectivity index (χ0v) is 12.0. The Kier molecular flexibility index (Phi) is 5.91. The molecular formula is C14H16FN3OS. The molecule has 1 N–H and O–H groups in total. The summed E-state index contributed by atoms with van der Waals surface area (Å²) in [4.78, 5) is 8.56. The van der Waals surface area contributed by atoms with Crippen LogP contribution in [0.4, 0.5) is 4.39 Å². The average molecular weight is 293 g/mol. The average Bonchev–Trinajstić information content (AvgIpc) is 2.48. The Hall–Kier alpha value is -1.50. The number of aromatic nitrogens is 2. The summed E-state index contributed by atoms with van der Waals surface area (Å²) in [6.07, 6.45) is 3.10. The first-order valence-electron chi connectivity index (χ1n) is 6.22. The summed E-state index contributed by atoms with van der Waals surface area (Å²) in [5.74, 6) is -0.236. The monoisotopic (exact) mass is 293 g/mol. The largest absolute Gasteiger partial charge is 0.383 e. The number of methoxy groups -OCH3 is 1. The quantitative estimate of drug-likeness (QED) is 0.628. The number of hydrogen-bond donors (Lipinski definition) is 1. The van der Waals surface area contributed by atoms with Gasteiger partial charge in [0.2, 0.25) is 0 Å². The predicted molar refractivity (Wildman–Crippen MR) is 76.1 cm³/mol. The normalized spacial score (nSPS) is 10.7. The fourth-order valence-corrected chi connectivity index (χ4v) is 2.52. The van der Waals surface area contributed by atoms with Crippen LogP contribution in [0.3, 0.4) is 0 Å². The van der Waals surface area contributed by atoms with Crippen LogP contribution in [-0.2, 0) is 11.3 Å². The van der Waals surface area contributed by atoms with E-state index in [0.29, 0.717) is 18.0 Å². The highest BCUT2D eigenvalue weighted by Crippen LogP contribution is 2.31. The van der Waals surface area contributed by atoms with E-state index in [1.165, 1.54) is 24.2 Å². The molecule has 0 saturated heterocycles. The first kappa shape index (κ1) is 14.9. The molecule has 1 aromatic heterocycles. The van der Waals surface area contributed by atoms with E-state index in [9.17, 15) is 4.39 Å². The first-order valence-corrected chi connectivity index (χ1v) is 7.04. The minimum Gasteiger partial charge on any atom is -0.383 e. The van der Waals surface area contributed by atoms with Crippen LogP contribution in [0.1, 0.15) is 5.56 Å². The van der Waals surface area contributed by atoms with Crippen LogP contribution in [-0.4, -0.2) is 30.2 Å². The van der Waals surface area contributed by atoms with Crippen LogP contribution in [0.5, 0.6) is 0 Å². The molecule has 2 rings (SSSR count). The van der Waals surface area contributed by atoms with Crippen molar-refractivity contribution in [2.24, 2.45) is 0 Å². The molecule has 0 aliphatic rings. The van der Waals surface area contributed by atoms with E-state index in [1.807, 2.05) is 6.07 Å². The molecule has 0 saturated carbocycles. The molecule has 0 atom stereocenters. The van der Waals surface area contributed by atoms with Gasteiger partial charge in [0.05, 0.1) is 11.5 Å². The van der Waals surface area contributed by atoms with E-state index in [-0.39, 0.29) is 5.82 Å². The van der Waals surface area contributed by atoms with Crippen molar-refractivity contribution < 1.29 is 9.13 Å². The van der Waals surface area contributed by atoms with Gasteiger partial charge in [0.25, 0.3) is 0 Å².